The van der Waals surface area contributed by atoms with E-state index in [9.17, 15) is 0 Å². The average Bonchev–Trinajstić information content (AvgIpc) is 2.60. The number of hydrogen-bond donors (Lipinski definition) is 0. The maximum atomic E-state index is 7.83. The number of hydrogen-bond acceptors (Lipinski definition) is 1. The third kappa shape index (κ3) is 4.87. The Balaban J connectivity index is 0.00000196. The predicted molar refractivity (Wildman–Crippen MR) is 104 cm³/mol. The van der Waals surface area contributed by atoms with Crippen LogP contribution >= 0.6 is 0 Å². The van der Waals surface area contributed by atoms with Crippen LogP contribution in [0.15, 0.2) is 60.8 Å². The summed E-state index contributed by atoms with van der Waals surface area (Å²) < 4.78 is 23.5. The third-order valence-electron chi connectivity index (χ3n) is 3.94. The average molecular weight is 511 g/mol. The molecular formula is C23H25IrN-2. The van der Waals surface area contributed by atoms with Crippen molar-refractivity contribution in [2.24, 2.45) is 0 Å². The van der Waals surface area contributed by atoms with Gasteiger partial charge in [0.15, 0.2) is 0 Å². The summed E-state index contributed by atoms with van der Waals surface area (Å²) in [5.41, 5.74) is 4.64. The van der Waals surface area contributed by atoms with E-state index < -0.39 is 6.85 Å². The van der Waals surface area contributed by atoms with Crippen molar-refractivity contribution in [3.63, 3.8) is 0 Å². The Hall–Kier alpha value is -1.76. The van der Waals surface area contributed by atoms with E-state index in [-0.39, 0.29) is 32.9 Å². The van der Waals surface area contributed by atoms with Gasteiger partial charge in [0.2, 0.25) is 0 Å². The van der Waals surface area contributed by atoms with Crippen molar-refractivity contribution in [2.45, 2.75) is 33.0 Å². The molecule has 0 saturated heterocycles. The van der Waals surface area contributed by atoms with Crippen LogP contribution in [0, 0.1) is 20.3 Å². The van der Waals surface area contributed by atoms with Gasteiger partial charge in [-0.25, -0.2) is 0 Å². The molecule has 3 aromatic rings. The second-order valence-corrected chi connectivity index (χ2v) is 6.72. The molecule has 25 heavy (non-hydrogen) atoms. The van der Waals surface area contributed by atoms with Gasteiger partial charge in [0, 0.05) is 30.4 Å². The molecule has 0 aliphatic carbocycles. The van der Waals surface area contributed by atoms with Gasteiger partial charge in [0.1, 0.15) is 0 Å². The Morgan fingerprint density at radius 2 is 1.76 bits per heavy atom. The summed E-state index contributed by atoms with van der Waals surface area (Å²) in [6.07, 6.45) is 1.88. The maximum absolute atomic E-state index is 7.83. The number of pyridine rings is 1. The smallest absolute Gasteiger partial charge is 0.0198 e. The summed E-state index contributed by atoms with van der Waals surface area (Å²) >= 11 is 0. The molecule has 2 heteroatoms. The summed E-state index contributed by atoms with van der Waals surface area (Å²) in [5, 5.41) is 0. The van der Waals surface area contributed by atoms with Gasteiger partial charge in [-0.05, 0) is 22.2 Å². The van der Waals surface area contributed by atoms with Crippen LogP contribution in [-0.4, -0.2) is 4.98 Å². The monoisotopic (exact) mass is 511 g/mol. The van der Waals surface area contributed by atoms with Gasteiger partial charge in [-0.3, -0.25) is 0 Å². The molecule has 0 amide bonds. The number of rotatable bonds is 2. The first-order valence-electron chi connectivity index (χ1n) is 9.25. The van der Waals surface area contributed by atoms with Crippen molar-refractivity contribution in [3.05, 3.63) is 85.4 Å². The zero-order valence-electron chi connectivity index (χ0n) is 18.1. The molecular weight excluding hydrogens is 482 g/mol. The minimum Gasteiger partial charge on any atom is -0.358 e. The van der Waals surface area contributed by atoms with Gasteiger partial charge in [0.05, 0.1) is 0 Å². The second kappa shape index (κ2) is 8.56. The van der Waals surface area contributed by atoms with Crippen molar-refractivity contribution in [3.8, 4) is 22.4 Å². The Morgan fingerprint density at radius 3 is 2.32 bits per heavy atom. The number of nitrogens with zero attached hydrogens (tertiary/aromatic N) is 1. The van der Waals surface area contributed by atoms with Crippen LogP contribution in [0.2, 0.25) is 0 Å². The predicted octanol–water partition coefficient (Wildman–Crippen LogP) is 6.27. The van der Waals surface area contributed by atoms with E-state index in [4.69, 9.17) is 4.11 Å². The molecule has 0 saturated carbocycles. The molecule has 0 atom stereocenters. The summed E-state index contributed by atoms with van der Waals surface area (Å²) in [6.45, 7) is 4.25. The number of benzene rings is 2. The van der Waals surface area contributed by atoms with Crippen LogP contribution in [0.25, 0.3) is 22.4 Å². The molecule has 0 aliphatic rings. The standard InChI is InChI=1S/C22H22N.CH3.Ir/c1-16-10-11-18(14-20(16)17-8-6-5-7-9-17)21-13-12-19(15-23-21)22(2,3)4;;/h5-10,12-15H,1-4H3;1H3;/q2*-1;/i1D3;;. The van der Waals surface area contributed by atoms with Crippen LogP contribution in [0.1, 0.15) is 36.0 Å². The Bertz CT molecular complexity index is 896. The Morgan fingerprint density at radius 1 is 1.04 bits per heavy atom. The molecule has 0 aliphatic heterocycles. The molecule has 1 radical (unpaired) electrons. The van der Waals surface area contributed by atoms with Crippen LogP contribution in [-0.2, 0) is 25.5 Å². The molecule has 0 bridgehead atoms. The molecule has 0 spiro atoms. The molecule has 3 rings (SSSR count). The fourth-order valence-corrected chi connectivity index (χ4v) is 2.49. The summed E-state index contributed by atoms with van der Waals surface area (Å²) in [7, 11) is 0. The Kier molecular flexibility index (Phi) is 5.71. The van der Waals surface area contributed by atoms with Gasteiger partial charge >= 0.3 is 0 Å². The first-order chi connectivity index (χ1) is 12.2. The molecule has 2 aromatic carbocycles. The summed E-state index contributed by atoms with van der Waals surface area (Å²) in [5.74, 6) is 0. The topological polar surface area (TPSA) is 12.9 Å². The summed E-state index contributed by atoms with van der Waals surface area (Å²) in [4.78, 5) is 4.57. The van der Waals surface area contributed by atoms with Gasteiger partial charge in [0.25, 0.3) is 0 Å². The molecule has 1 aromatic heterocycles. The molecule has 0 N–H and O–H groups in total. The molecule has 0 unspecified atom stereocenters. The minimum atomic E-state index is -2.19. The first-order valence-corrected chi connectivity index (χ1v) is 7.75. The van der Waals surface area contributed by atoms with Crippen molar-refractivity contribution >= 4 is 0 Å². The number of aromatic nitrogens is 1. The van der Waals surface area contributed by atoms with E-state index in [1.165, 1.54) is 0 Å². The van der Waals surface area contributed by atoms with Gasteiger partial charge in [-0.1, -0.05) is 75.7 Å². The summed E-state index contributed by atoms with van der Waals surface area (Å²) in [6, 6.07) is 20.2. The van der Waals surface area contributed by atoms with Gasteiger partial charge in [-0.15, -0.1) is 29.3 Å². The quantitative estimate of drug-likeness (QED) is 0.370. The molecule has 1 nitrogen and oxygen atoms in total. The van der Waals surface area contributed by atoms with Crippen molar-refractivity contribution < 1.29 is 24.2 Å². The molecule has 133 valence electrons. The van der Waals surface area contributed by atoms with E-state index in [2.05, 4.69) is 37.9 Å². The van der Waals surface area contributed by atoms with Crippen LogP contribution in [0.5, 0.6) is 0 Å². The van der Waals surface area contributed by atoms with Crippen molar-refractivity contribution in [1.82, 2.24) is 4.98 Å². The van der Waals surface area contributed by atoms with Crippen LogP contribution < -0.4 is 0 Å². The van der Waals surface area contributed by atoms with Crippen molar-refractivity contribution in [2.75, 3.05) is 0 Å². The Labute approximate surface area is 170 Å². The normalized spacial score (nSPS) is 12.8. The zero-order valence-corrected chi connectivity index (χ0v) is 17.4. The van der Waals surface area contributed by atoms with E-state index in [0.717, 1.165) is 22.4 Å². The maximum Gasteiger partial charge on any atom is 0.0198 e. The largest absolute Gasteiger partial charge is 0.358 e. The van der Waals surface area contributed by atoms with E-state index in [1.807, 2.05) is 48.7 Å². The third-order valence-corrected chi connectivity index (χ3v) is 3.94. The fraction of sp³-hybridized carbons (Fsp3) is 0.217. The van der Waals surface area contributed by atoms with Crippen molar-refractivity contribution in [1.29, 1.82) is 0 Å². The van der Waals surface area contributed by atoms with Crippen LogP contribution in [0.4, 0.5) is 0 Å². The van der Waals surface area contributed by atoms with E-state index >= 15 is 0 Å². The number of aryl methyl sites for hydroxylation is 1. The fourth-order valence-electron chi connectivity index (χ4n) is 2.49. The van der Waals surface area contributed by atoms with E-state index in [1.54, 1.807) is 6.07 Å². The minimum absolute atomic E-state index is 0. The molecule has 0 fully saturated rings. The zero-order chi connectivity index (χ0) is 18.9. The SMILES string of the molecule is [2H]C([2H])([2H])c1c[c-]c(-c2ccc(C(C)(C)C)cn2)cc1-c1ccccc1.[CH3-].[Ir]. The molecule has 1 heterocycles. The van der Waals surface area contributed by atoms with Gasteiger partial charge < -0.3 is 12.4 Å². The van der Waals surface area contributed by atoms with Gasteiger partial charge in [-0.2, -0.15) is 0 Å². The van der Waals surface area contributed by atoms with E-state index in [0.29, 0.717) is 11.1 Å². The first kappa shape index (κ1) is 16.7. The van der Waals surface area contributed by atoms with Crippen LogP contribution in [0.3, 0.4) is 0 Å². The second-order valence-electron chi connectivity index (χ2n) is 6.72.